The van der Waals surface area contributed by atoms with Crippen molar-refractivity contribution < 1.29 is 14.5 Å². The van der Waals surface area contributed by atoms with Crippen LogP contribution >= 0.6 is 11.6 Å². The van der Waals surface area contributed by atoms with Gasteiger partial charge >= 0.3 is 0 Å². The Kier molecular flexibility index (Phi) is 7.23. The number of aromatic amines is 1. The summed E-state index contributed by atoms with van der Waals surface area (Å²) >= 11 is 6.13. The number of amides is 2. The molecule has 0 aliphatic rings. The van der Waals surface area contributed by atoms with Gasteiger partial charge in [0.15, 0.2) is 0 Å². The number of H-pyrrole nitrogens is 1. The second-order valence-corrected chi connectivity index (χ2v) is 8.11. The molecule has 3 aromatic carbocycles. The van der Waals surface area contributed by atoms with E-state index in [0.717, 1.165) is 16.5 Å². The van der Waals surface area contributed by atoms with Crippen molar-refractivity contribution in [3.63, 3.8) is 0 Å². The number of non-ortho nitro benzene ring substituents is 1. The van der Waals surface area contributed by atoms with Crippen LogP contribution in [0.4, 0.5) is 5.69 Å². The second kappa shape index (κ2) is 10.7. The maximum Gasteiger partial charge on any atom is 0.269 e. The lowest BCUT2D eigenvalue weighted by Gasteiger charge is -2.12. The van der Waals surface area contributed by atoms with Gasteiger partial charge in [0.2, 0.25) is 0 Å². The number of benzene rings is 3. The normalized spacial score (nSPS) is 11.3. The van der Waals surface area contributed by atoms with Gasteiger partial charge in [-0.25, -0.2) is 0 Å². The van der Waals surface area contributed by atoms with Gasteiger partial charge in [-0.15, -0.1) is 0 Å². The number of nitro groups is 1. The van der Waals surface area contributed by atoms with E-state index in [4.69, 9.17) is 11.6 Å². The minimum atomic E-state index is -0.546. The van der Waals surface area contributed by atoms with Gasteiger partial charge in [-0.05, 0) is 54.0 Å². The molecule has 1 aromatic heterocycles. The number of nitro benzene ring substituents is 1. The van der Waals surface area contributed by atoms with Crippen LogP contribution < -0.4 is 10.6 Å². The number of hydrogen-bond donors (Lipinski definition) is 3. The van der Waals surface area contributed by atoms with Gasteiger partial charge in [0.25, 0.3) is 17.5 Å². The van der Waals surface area contributed by atoms with Crippen LogP contribution in [0.15, 0.2) is 84.7 Å². The first-order valence-electron chi connectivity index (χ1n) is 10.8. The Labute approximate surface area is 205 Å². The first-order chi connectivity index (χ1) is 16.9. The summed E-state index contributed by atoms with van der Waals surface area (Å²) in [7, 11) is 0. The molecule has 0 saturated carbocycles. The van der Waals surface area contributed by atoms with Gasteiger partial charge in [-0.2, -0.15) is 0 Å². The van der Waals surface area contributed by atoms with E-state index in [9.17, 15) is 19.7 Å². The summed E-state index contributed by atoms with van der Waals surface area (Å²) in [5, 5.41) is 17.7. The number of hydrogen-bond acceptors (Lipinski definition) is 4. The minimum absolute atomic E-state index is 0.0114. The molecule has 1 heterocycles. The molecular weight excluding hydrogens is 468 g/mol. The maximum atomic E-state index is 13.0. The Morgan fingerprint density at radius 3 is 2.46 bits per heavy atom. The zero-order valence-electron chi connectivity index (χ0n) is 18.5. The van der Waals surface area contributed by atoms with Crippen LogP contribution in [0.1, 0.15) is 21.5 Å². The predicted molar refractivity (Wildman–Crippen MR) is 135 cm³/mol. The Bertz CT molecular complexity index is 1430. The van der Waals surface area contributed by atoms with Crippen molar-refractivity contribution >= 4 is 46.1 Å². The van der Waals surface area contributed by atoms with Gasteiger partial charge in [-0.1, -0.05) is 41.9 Å². The fourth-order valence-electron chi connectivity index (χ4n) is 3.60. The summed E-state index contributed by atoms with van der Waals surface area (Å²) in [4.78, 5) is 39.5. The molecule has 0 bridgehead atoms. The highest BCUT2D eigenvalue weighted by Gasteiger charge is 2.17. The van der Waals surface area contributed by atoms with Crippen LogP contribution in [-0.4, -0.2) is 28.3 Å². The van der Waals surface area contributed by atoms with E-state index in [1.54, 1.807) is 24.3 Å². The fraction of sp³-hybridized carbons (Fsp3) is 0.0769. The number of carbonyl (C=O) groups is 2. The minimum Gasteiger partial charge on any atom is -0.361 e. The van der Waals surface area contributed by atoms with Crippen LogP contribution in [-0.2, 0) is 11.2 Å². The molecule has 2 amide bonds. The zero-order valence-corrected chi connectivity index (χ0v) is 19.2. The highest BCUT2D eigenvalue weighted by atomic mass is 35.5. The third-order valence-electron chi connectivity index (χ3n) is 5.38. The number of para-hydroxylation sites is 1. The van der Waals surface area contributed by atoms with E-state index >= 15 is 0 Å². The number of fused-ring (bicyclic) bond motifs is 1. The van der Waals surface area contributed by atoms with E-state index in [0.29, 0.717) is 18.5 Å². The molecule has 176 valence electrons. The lowest BCUT2D eigenvalue weighted by Crippen LogP contribution is -2.35. The van der Waals surface area contributed by atoms with Crippen molar-refractivity contribution in [3.05, 3.63) is 117 Å². The first-order valence-corrected chi connectivity index (χ1v) is 11.2. The van der Waals surface area contributed by atoms with E-state index in [1.807, 2.05) is 30.5 Å². The molecule has 0 aliphatic heterocycles. The van der Waals surface area contributed by atoms with Crippen LogP contribution in [0.2, 0.25) is 5.02 Å². The third kappa shape index (κ3) is 5.74. The van der Waals surface area contributed by atoms with Gasteiger partial charge in [0.05, 0.1) is 15.5 Å². The molecule has 0 spiro atoms. The van der Waals surface area contributed by atoms with Crippen molar-refractivity contribution in [2.24, 2.45) is 0 Å². The number of nitrogens with zero attached hydrogens (tertiary/aromatic N) is 1. The summed E-state index contributed by atoms with van der Waals surface area (Å²) in [5.41, 5.74) is 2.71. The zero-order chi connectivity index (χ0) is 24.8. The molecule has 4 aromatic rings. The van der Waals surface area contributed by atoms with Crippen molar-refractivity contribution in [2.45, 2.75) is 6.42 Å². The molecule has 4 rings (SSSR count). The third-order valence-corrected chi connectivity index (χ3v) is 5.71. The van der Waals surface area contributed by atoms with Crippen LogP contribution in [0.5, 0.6) is 0 Å². The van der Waals surface area contributed by atoms with Crippen LogP contribution in [0, 0.1) is 10.1 Å². The van der Waals surface area contributed by atoms with Crippen molar-refractivity contribution in [1.29, 1.82) is 0 Å². The summed E-state index contributed by atoms with van der Waals surface area (Å²) in [6, 6.07) is 20.0. The van der Waals surface area contributed by atoms with Crippen LogP contribution in [0.25, 0.3) is 17.0 Å². The smallest absolute Gasteiger partial charge is 0.269 e. The van der Waals surface area contributed by atoms with Crippen molar-refractivity contribution in [3.8, 4) is 0 Å². The standard InChI is InChI=1S/C26H21ClN4O4/c27-22-7-3-1-6-21(22)25(32)30-24(15-17-9-11-19(12-10-17)31(34)35)26(33)28-14-13-18-16-29-23-8-4-2-5-20(18)23/h1-12,15-16,29H,13-14H2,(H,28,33)(H,30,32). The molecule has 0 radical (unpaired) electrons. The summed E-state index contributed by atoms with van der Waals surface area (Å²) < 4.78 is 0. The number of halogens is 1. The summed E-state index contributed by atoms with van der Waals surface area (Å²) in [6.07, 6.45) is 3.95. The van der Waals surface area contributed by atoms with Crippen LogP contribution in [0.3, 0.4) is 0 Å². The molecule has 0 unspecified atom stereocenters. The molecule has 0 aliphatic carbocycles. The quantitative estimate of drug-likeness (QED) is 0.186. The lowest BCUT2D eigenvalue weighted by atomic mass is 10.1. The van der Waals surface area contributed by atoms with Crippen molar-refractivity contribution in [1.82, 2.24) is 15.6 Å². The summed E-state index contributed by atoms with van der Waals surface area (Å²) in [5.74, 6) is -1.04. The van der Waals surface area contributed by atoms with Gasteiger partial charge in [0, 0.05) is 35.8 Å². The SMILES string of the molecule is O=C(NCCc1c[nH]c2ccccc12)C(=Cc1ccc([N+](=O)[O-])cc1)NC(=O)c1ccccc1Cl. The Morgan fingerprint density at radius 2 is 1.71 bits per heavy atom. The lowest BCUT2D eigenvalue weighted by molar-refractivity contribution is -0.384. The molecule has 0 saturated heterocycles. The number of aromatic nitrogens is 1. The van der Waals surface area contributed by atoms with E-state index in [-0.39, 0.29) is 22.0 Å². The molecule has 3 N–H and O–H groups in total. The van der Waals surface area contributed by atoms with Crippen molar-refractivity contribution in [2.75, 3.05) is 6.54 Å². The Morgan fingerprint density at radius 1 is 1.00 bits per heavy atom. The maximum absolute atomic E-state index is 13.0. The van der Waals surface area contributed by atoms with E-state index in [1.165, 1.54) is 30.3 Å². The van der Waals surface area contributed by atoms with Gasteiger partial charge in [-0.3, -0.25) is 19.7 Å². The molecule has 0 fully saturated rings. The summed E-state index contributed by atoms with van der Waals surface area (Å²) in [6.45, 7) is 0.334. The Balaban J connectivity index is 1.52. The average molecular weight is 489 g/mol. The first kappa shape index (κ1) is 23.7. The molecular formula is C26H21ClN4O4. The number of nitrogens with one attached hydrogen (secondary N) is 3. The largest absolute Gasteiger partial charge is 0.361 e. The van der Waals surface area contributed by atoms with E-state index in [2.05, 4.69) is 15.6 Å². The highest BCUT2D eigenvalue weighted by molar-refractivity contribution is 6.34. The number of rotatable bonds is 8. The Hall–Kier alpha value is -4.43. The average Bonchev–Trinajstić information content (AvgIpc) is 3.27. The van der Waals surface area contributed by atoms with E-state index < -0.39 is 16.7 Å². The molecule has 35 heavy (non-hydrogen) atoms. The highest BCUT2D eigenvalue weighted by Crippen LogP contribution is 2.19. The topological polar surface area (TPSA) is 117 Å². The molecule has 0 atom stereocenters. The van der Waals surface area contributed by atoms with Gasteiger partial charge < -0.3 is 15.6 Å². The fourth-order valence-corrected chi connectivity index (χ4v) is 3.82. The second-order valence-electron chi connectivity index (χ2n) is 7.71. The molecule has 8 nitrogen and oxygen atoms in total. The predicted octanol–water partition coefficient (Wildman–Crippen LogP) is 4.86. The number of carbonyl (C=O) groups excluding carboxylic acids is 2. The molecule has 9 heteroatoms. The monoisotopic (exact) mass is 488 g/mol. The van der Waals surface area contributed by atoms with Gasteiger partial charge in [0.1, 0.15) is 5.70 Å².